The first-order valence-electron chi connectivity index (χ1n) is 6.01. The van der Waals surface area contributed by atoms with E-state index in [1.54, 1.807) is 0 Å². The molecule has 90 valence electrons. The standard InChI is InChI=1S/C11H25N3O/c1-3-14-7-6-13(9-10(14)2)5-4-11(15)8-12/h10-11,15H,3-9,12H2,1-2H3. The zero-order valence-corrected chi connectivity index (χ0v) is 10.0. The molecule has 1 aliphatic rings. The molecule has 2 unspecified atom stereocenters. The van der Waals surface area contributed by atoms with Gasteiger partial charge in [0.05, 0.1) is 6.10 Å². The Bertz CT molecular complexity index is 177. The number of aliphatic hydroxyl groups is 1. The Morgan fingerprint density at radius 1 is 1.47 bits per heavy atom. The van der Waals surface area contributed by atoms with Crippen molar-refractivity contribution in [2.45, 2.75) is 32.4 Å². The van der Waals surface area contributed by atoms with Gasteiger partial charge >= 0.3 is 0 Å². The van der Waals surface area contributed by atoms with E-state index in [1.807, 2.05) is 0 Å². The Hall–Kier alpha value is -0.160. The highest BCUT2D eigenvalue weighted by molar-refractivity contribution is 4.78. The zero-order valence-electron chi connectivity index (χ0n) is 10.0. The molecule has 0 radical (unpaired) electrons. The van der Waals surface area contributed by atoms with Gasteiger partial charge in [-0.15, -0.1) is 0 Å². The van der Waals surface area contributed by atoms with Crippen LogP contribution >= 0.6 is 0 Å². The molecule has 3 N–H and O–H groups in total. The largest absolute Gasteiger partial charge is 0.392 e. The minimum atomic E-state index is -0.329. The number of hydrogen-bond donors (Lipinski definition) is 2. The summed E-state index contributed by atoms with van der Waals surface area (Å²) >= 11 is 0. The average Bonchev–Trinajstić information content (AvgIpc) is 2.26. The van der Waals surface area contributed by atoms with Crippen LogP contribution < -0.4 is 5.73 Å². The fourth-order valence-corrected chi connectivity index (χ4v) is 2.19. The van der Waals surface area contributed by atoms with Gasteiger partial charge in [-0.2, -0.15) is 0 Å². The smallest absolute Gasteiger partial charge is 0.0674 e. The van der Waals surface area contributed by atoms with Crippen LogP contribution in [-0.4, -0.2) is 66.3 Å². The number of rotatable bonds is 5. The first-order chi connectivity index (χ1) is 7.17. The summed E-state index contributed by atoms with van der Waals surface area (Å²) < 4.78 is 0. The van der Waals surface area contributed by atoms with Crippen LogP contribution in [-0.2, 0) is 0 Å². The molecule has 1 aliphatic heterocycles. The third-order valence-electron chi connectivity index (χ3n) is 3.31. The highest BCUT2D eigenvalue weighted by Crippen LogP contribution is 2.09. The van der Waals surface area contributed by atoms with E-state index in [4.69, 9.17) is 5.73 Å². The lowest BCUT2D eigenvalue weighted by Gasteiger charge is -2.39. The van der Waals surface area contributed by atoms with Gasteiger partial charge in [-0.25, -0.2) is 0 Å². The molecule has 15 heavy (non-hydrogen) atoms. The minimum absolute atomic E-state index is 0.329. The lowest BCUT2D eigenvalue weighted by molar-refractivity contribution is 0.0734. The third-order valence-corrected chi connectivity index (χ3v) is 3.31. The van der Waals surface area contributed by atoms with Crippen molar-refractivity contribution in [1.82, 2.24) is 9.80 Å². The normalized spacial score (nSPS) is 26.8. The summed E-state index contributed by atoms with van der Waals surface area (Å²) in [4.78, 5) is 4.92. The molecule has 0 aromatic rings. The van der Waals surface area contributed by atoms with Crippen molar-refractivity contribution in [2.75, 3.05) is 39.3 Å². The molecule has 1 saturated heterocycles. The lowest BCUT2D eigenvalue weighted by atomic mass is 10.1. The molecular formula is C11H25N3O. The van der Waals surface area contributed by atoms with Gasteiger partial charge in [0.15, 0.2) is 0 Å². The first kappa shape index (κ1) is 12.9. The molecule has 0 aliphatic carbocycles. The molecule has 4 nitrogen and oxygen atoms in total. The van der Waals surface area contributed by atoms with Crippen LogP contribution in [0.5, 0.6) is 0 Å². The number of hydrogen-bond acceptors (Lipinski definition) is 4. The second kappa shape index (κ2) is 6.43. The molecule has 0 spiro atoms. The van der Waals surface area contributed by atoms with Crippen molar-refractivity contribution in [3.05, 3.63) is 0 Å². The van der Waals surface area contributed by atoms with Crippen LogP contribution in [0.2, 0.25) is 0 Å². The summed E-state index contributed by atoms with van der Waals surface area (Å²) in [5, 5.41) is 9.39. The summed E-state index contributed by atoms with van der Waals surface area (Å²) in [5.41, 5.74) is 5.38. The SMILES string of the molecule is CCN1CCN(CCC(O)CN)CC1C. The summed E-state index contributed by atoms with van der Waals surface area (Å²) in [7, 11) is 0. The summed E-state index contributed by atoms with van der Waals surface area (Å²) in [6.45, 7) is 10.4. The van der Waals surface area contributed by atoms with E-state index in [0.717, 1.165) is 39.1 Å². The predicted octanol–water partition coefficient (Wildman–Crippen LogP) is -0.278. The Kier molecular flexibility index (Phi) is 5.53. The Morgan fingerprint density at radius 2 is 2.20 bits per heavy atom. The zero-order chi connectivity index (χ0) is 11.3. The van der Waals surface area contributed by atoms with Gasteiger partial charge in [-0.1, -0.05) is 6.92 Å². The second-order valence-electron chi connectivity index (χ2n) is 4.46. The number of nitrogens with zero attached hydrogens (tertiary/aromatic N) is 2. The summed E-state index contributed by atoms with van der Waals surface area (Å²) in [5.74, 6) is 0. The first-order valence-corrected chi connectivity index (χ1v) is 6.01. The molecule has 0 saturated carbocycles. The average molecular weight is 215 g/mol. The van der Waals surface area contributed by atoms with E-state index in [1.165, 1.54) is 0 Å². The molecule has 2 atom stereocenters. The maximum absolute atomic E-state index is 9.39. The van der Waals surface area contributed by atoms with Gasteiger partial charge in [0.1, 0.15) is 0 Å². The van der Waals surface area contributed by atoms with Crippen molar-refractivity contribution >= 4 is 0 Å². The van der Waals surface area contributed by atoms with Crippen molar-refractivity contribution in [3.63, 3.8) is 0 Å². The van der Waals surface area contributed by atoms with Crippen LogP contribution in [0.4, 0.5) is 0 Å². The summed E-state index contributed by atoms with van der Waals surface area (Å²) in [6, 6.07) is 0.638. The van der Waals surface area contributed by atoms with Crippen molar-refractivity contribution in [2.24, 2.45) is 5.73 Å². The highest BCUT2D eigenvalue weighted by Gasteiger charge is 2.22. The Balaban J connectivity index is 2.22. The van der Waals surface area contributed by atoms with Crippen LogP contribution in [0.3, 0.4) is 0 Å². The van der Waals surface area contributed by atoms with Crippen molar-refractivity contribution in [1.29, 1.82) is 0 Å². The van der Waals surface area contributed by atoms with Crippen molar-refractivity contribution < 1.29 is 5.11 Å². The monoisotopic (exact) mass is 215 g/mol. The van der Waals surface area contributed by atoms with E-state index in [2.05, 4.69) is 23.6 Å². The van der Waals surface area contributed by atoms with Crippen LogP contribution in [0.15, 0.2) is 0 Å². The molecular weight excluding hydrogens is 190 g/mol. The maximum Gasteiger partial charge on any atom is 0.0674 e. The Labute approximate surface area is 93.0 Å². The molecule has 1 rings (SSSR count). The molecule has 4 heteroatoms. The molecule has 1 heterocycles. The number of nitrogens with two attached hydrogens (primary N) is 1. The van der Waals surface area contributed by atoms with Gasteiger partial charge in [-0.05, 0) is 19.9 Å². The third kappa shape index (κ3) is 4.07. The van der Waals surface area contributed by atoms with E-state index in [9.17, 15) is 5.11 Å². The van der Waals surface area contributed by atoms with E-state index < -0.39 is 0 Å². The van der Waals surface area contributed by atoms with Gasteiger partial charge in [0.2, 0.25) is 0 Å². The van der Waals surface area contributed by atoms with Crippen LogP contribution in [0.25, 0.3) is 0 Å². The number of piperazine rings is 1. The molecule has 0 bridgehead atoms. The topological polar surface area (TPSA) is 52.7 Å². The fourth-order valence-electron chi connectivity index (χ4n) is 2.19. The van der Waals surface area contributed by atoms with Crippen LogP contribution in [0.1, 0.15) is 20.3 Å². The fraction of sp³-hybridized carbons (Fsp3) is 1.00. The van der Waals surface area contributed by atoms with Crippen LogP contribution in [0, 0.1) is 0 Å². The predicted molar refractivity (Wildman–Crippen MR) is 62.8 cm³/mol. The summed E-state index contributed by atoms with van der Waals surface area (Å²) in [6.07, 6.45) is 0.472. The lowest BCUT2D eigenvalue weighted by Crippen LogP contribution is -2.52. The molecule has 0 aromatic heterocycles. The second-order valence-corrected chi connectivity index (χ2v) is 4.46. The highest BCUT2D eigenvalue weighted by atomic mass is 16.3. The van der Waals surface area contributed by atoms with Gasteiger partial charge in [0, 0.05) is 38.8 Å². The van der Waals surface area contributed by atoms with Gasteiger partial charge in [0.25, 0.3) is 0 Å². The van der Waals surface area contributed by atoms with Gasteiger partial charge in [-0.3, -0.25) is 4.90 Å². The molecule has 0 aromatic carbocycles. The molecule has 1 fully saturated rings. The maximum atomic E-state index is 9.39. The van der Waals surface area contributed by atoms with E-state index in [0.29, 0.717) is 12.6 Å². The number of aliphatic hydroxyl groups excluding tert-OH is 1. The minimum Gasteiger partial charge on any atom is -0.392 e. The van der Waals surface area contributed by atoms with E-state index >= 15 is 0 Å². The Morgan fingerprint density at radius 3 is 2.73 bits per heavy atom. The molecule has 0 amide bonds. The van der Waals surface area contributed by atoms with Gasteiger partial charge < -0.3 is 15.7 Å². The van der Waals surface area contributed by atoms with E-state index in [-0.39, 0.29) is 6.10 Å². The van der Waals surface area contributed by atoms with Crippen molar-refractivity contribution in [3.8, 4) is 0 Å². The quantitative estimate of drug-likeness (QED) is 0.662. The number of likely N-dealkylation sites (N-methyl/N-ethyl adjacent to an activating group) is 1.